The Bertz CT molecular complexity index is 425. The summed E-state index contributed by atoms with van der Waals surface area (Å²) in [5.74, 6) is -1.08. The molecule has 0 heterocycles. The molecule has 1 rings (SSSR count). The van der Waals surface area contributed by atoms with Gasteiger partial charge in [0.05, 0.1) is 5.69 Å². The largest absolute Gasteiger partial charge is 0.507 e. The van der Waals surface area contributed by atoms with E-state index in [0.29, 0.717) is 5.56 Å². The molecule has 0 spiro atoms. The van der Waals surface area contributed by atoms with Crippen LogP contribution in [0.5, 0.6) is 5.75 Å². The topological polar surface area (TPSA) is 106 Å². The molecule has 0 aliphatic rings. The lowest BCUT2D eigenvalue weighted by molar-refractivity contribution is -0.136. The highest BCUT2D eigenvalue weighted by Crippen LogP contribution is 2.31. The molecule has 0 aliphatic heterocycles. The van der Waals surface area contributed by atoms with E-state index in [2.05, 4.69) is 10.0 Å². The van der Waals surface area contributed by atoms with Crippen molar-refractivity contribution < 1.29 is 15.0 Å². The van der Waals surface area contributed by atoms with Crippen LogP contribution in [0, 0.1) is 0 Å². The standard InChI is InChI=1S/C9H9N3O3/c10-12-11-9-6(4-5-8(14)15)2-1-3-7(9)13/h1-3,13H,4-5H2,(H,14,15). The fourth-order valence-electron chi connectivity index (χ4n) is 1.18. The minimum absolute atomic E-state index is 0.0720. The normalized spacial score (nSPS) is 9.33. The second-order valence-corrected chi connectivity index (χ2v) is 2.87. The summed E-state index contributed by atoms with van der Waals surface area (Å²) >= 11 is 0. The van der Waals surface area contributed by atoms with Gasteiger partial charge in [0.25, 0.3) is 0 Å². The van der Waals surface area contributed by atoms with Crippen molar-refractivity contribution in [2.75, 3.05) is 0 Å². The van der Waals surface area contributed by atoms with Crippen LogP contribution >= 0.6 is 0 Å². The molecule has 0 aliphatic carbocycles. The third-order valence-corrected chi connectivity index (χ3v) is 1.85. The third-order valence-electron chi connectivity index (χ3n) is 1.85. The second kappa shape index (κ2) is 4.88. The summed E-state index contributed by atoms with van der Waals surface area (Å²) in [4.78, 5) is 12.9. The predicted octanol–water partition coefficient (Wildman–Crippen LogP) is 2.35. The first-order valence-electron chi connectivity index (χ1n) is 4.23. The summed E-state index contributed by atoms with van der Waals surface area (Å²) in [6, 6.07) is 4.57. The highest BCUT2D eigenvalue weighted by Gasteiger charge is 2.07. The number of carboxylic acids is 1. The Kier molecular flexibility index (Phi) is 3.54. The Morgan fingerprint density at radius 2 is 2.27 bits per heavy atom. The summed E-state index contributed by atoms with van der Waals surface area (Å²) in [5.41, 5.74) is 8.90. The molecule has 0 amide bonds. The van der Waals surface area contributed by atoms with E-state index in [1.807, 2.05) is 0 Å². The lowest BCUT2D eigenvalue weighted by Gasteiger charge is -2.04. The maximum Gasteiger partial charge on any atom is 0.303 e. The van der Waals surface area contributed by atoms with E-state index in [1.54, 1.807) is 12.1 Å². The van der Waals surface area contributed by atoms with E-state index < -0.39 is 5.97 Å². The lowest BCUT2D eigenvalue weighted by atomic mass is 10.1. The van der Waals surface area contributed by atoms with Gasteiger partial charge >= 0.3 is 5.97 Å². The number of aromatic hydroxyl groups is 1. The van der Waals surface area contributed by atoms with Crippen molar-refractivity contribution in [3.8, 4) is 5.75 Å². The number of hydrogen-bond donors (Lipinski definition) is 2. The molecular formula is C9H9N3O3. The zero-order valence-corrected chi connectivity index (χ0v) is 7.79. The summed E-state index contributed by atoms with van der Waals surface area (Å²) in [5, 5.41) is 21.2. The van der Waals surface area contributed by atoms with Gasteiger partial charge in [-0.1, -0.05) is 17.2 Å². The van der Waals surface area contributed by atoms with Gasteiger partial charge in [-0.15, -0.1) is 0 Å². The molecule has 1 aromatic carbocycles. The second-order valence-electron chi connectivity index (χ2n) is 2.87. The van der Waals surface area contributed by atoms with Crippen LogP contribution in [-0.2, 0) is 11.2 Å². The van der Waals surface area contributed by atoms with Crippen molar-refractivity contribution in [2.45, 2.75) is 12.8 Å². The highest BCUT2D eigenvalue weighted by atomic mass is 16.4. The molecule has 0 radical (unpaired) electrons. The highest BCUT2D eigenvalue weighted by molar-refractivity contribution is 5.68. The number of carbonyl (C=O) groups is 1. The predicted molar refractivity (Wildman–Crippen MR) is 52.9 cm³/mol. The Hall–Kier alpha value is -2.20. The van der Waals surface area contributed by atoms with Crippen LogP contribution in [0.2, 0.25) is 0 Å². The number of azide groups is 1. The van der Waals surface area contributed by atoms with E-state index in [9.17, 15) is 9.90 Å². The quantitative estimate of drug-likeness (QED) is 0.449. The van der Waals surface area contributed by atoms with Gasteiger partial charge in [-0.2, -0.15) is 0 Å². The van der Waals surface area contributed by atoms with Gasteiger partial charge in [-0.25, -0.2) is 0 Å². The van der Waals surface area contributed by atoms with Crippen molar-refractivity contribution in [1.82, 2.24) is 0 Å². The van der Waals surface area contributed by atoms with Gasteiger partial charge in [0, 0.05) is 11.3 Å². The van der Waals surface area contributed by atoms with Crippen LogP contribution in [0.3, 0.4) is 0 Å². The molecule has 0 unspecified atom stereocenters. The van der Waals surface area contributed by atoms with Crippen LogP contribution in [-0.4, -0.2) is 16.2 Å². The number of nitrogens with zero attached hydrogens (tertiary/aromatic N) is 3. The van der Waals surface area contributed by atoms with E-state index in [-0.39, 0.29) is 24.3 Å². The fraction of sp³-hybridized carbons (Fsp3) is 0.222. The number of rotatable bonds is 4. The van der Waals surface area contributed by atoms with Gasteiger partial charge in [-0.3, -0.25) is 4.79 Å². The van der Waals surface area contributed by atoms with E-state index in [1.165, 1.54) is 6.07 Å². The summed E-state index contributed by atoms with van der Waals surface area (Å²) in [6.45, 7) is 0. The van der Waals surface area contributed by atoms with Crippen LogP contribution in [0.25, 0.3) is 10.4 Å². The van der Waals surface area contributed by atoms with E-state index in [4.69, 9.17) is 10.6 Å². The molecular weight excluding hydrogens is 198 g/mol. The first-order valence-corrected chi connectivity index (χ1v) is 4.23. The first-order chi connectivity index (χ1) is 7.15. The maximum atomic E-state index is 10.4. The van der Waals surface area contributed by atoms with Crippen LogP contribution in [0.15, 0.2) is 23.3 Å². The van der Waals surface area contributed by atoms with Crippen molar-refractivity contribution in [2.24, 2.45) is 5.11 Å². The van der Waals surface area contributed by atoms with Crippen LogP contribution in [0.1, 0.15) is 12.0 Å². The SMILES string of the molecule is [N-]=[N+]=Nc1c(O)cccc1CCC(=O)O. The molecule has 0 saturated carbocycles. The van der Waals surface area contributed by atoms with Crippen molar-refractivity contribution in [3.63, 3.8) is 0 Å². The average molecular weight is 207 g/mol. The number of hydrogen-bond acceptors (Lipinski definition) is 3. The minimum Gasteiger partial charge on any atom is -0.507 e. The lowest BCUT2D eigenvalue weighted by Crippen LogP contribution is -1.97. The molecule has 1 aromatic rings. The first kappa shape index (κ1) is 10.9. The summed E-state index contributed by atoms with van der Waals surface area (Å²) in [7, 11) is 0. The number of phenolic OH excluding ortho intramolecular Hbond substituents is 1. The number of aliphatic carboxylic acids is 1. The Balaban J connectivity index is 3.00. The van der Waals surface area contributed by atoms with Gasteiger partial charge in [0.15, 0.2) is 0 Å². The molecule has 0 atom stereocenters. The van der Waals surface area contributed by atoms with Crippen molar-refractivity contribution >= 4 is 11.7 Å². The van der Waals surface area contributed by atoms with Crippen molar-refractivity contribution in [1.29, 1.82) is 0 Å². The van der Waals surface area contributed by atoms with Gasteiger partial charge < -0.3 is 10.2 Å². The molecule has 6 heteroatoms. The van der Waals surface area contributed by atoms with Crippen LogP contribution in [0.4, 0.5) is 5.69 Å². The fourth-order valence-corrected chi connectivity index (χ4v) is 1.18. The Morgan fingerprint density at radius 3 is 2.87 bits per heavy atom. The number of carboxylic acid groups (broad SMARTS) is 1. The molecule has 15 heavy (non-hydrogen) atoms. The number of phenols is 1. The van der Waals surface area contributed by atoms with Gasteiger partial charge in [-0.05, 0) is 23.6 Å². The molecule has 0 fully saturated rings. The molecule has 0 aromatic heterocycles. The monoisotopic (exact) mass is 207 g/mol. The maximum absolute atomic E-state index is 10.4. The average Bonchev–Trinajstić information content (AvgIpc) is 2.19. The minimum atomic E-state index is -0.940. The summed E-state index contributed by atoms with van der Waals surface area (Å²) in [6.07, 6.45) is 0.148. The summed E-state index contributed by atoms with van der Waals surface area (Å²) < 4.78 is 0. The van der Waals surface area contributed by atoms with Crippen molar-refractivity contribution in [3.05, 3.63) is 34.2 Å². The molecule has 0 bridgehead atoms. The molecule has 2 N–H and O–H groups in total. The van der Waals surface area contributed by atoms with Gasteiger partial charge in [0.2, 0.25) is 0 Å². The molecule has 6 nitrogen and oxygen atoms in total. The zero-order chi connectivity index (χ0) is 11.3. The van der Waals surface area contributed by atoms with E-state index in [0.717, 1.165) is 0 Å². The Labute approximate surface area is 85.4 Å². The Morgan fingerprint density at radius 1 is 1.53 bits per heavy atom. The molecule has 0 saturated heterocycles. The third kappa shape index (κ3) is 2.89. The number of benzene rings is 1. The zero-order valence-electron chi connectivity index (χ0n) is 7.79. The smallest absolute Gasteiger partial charge is 0.303 e. The molecule has 78 valence electrons. The van der Waals surface area contributed by atoms with Gasteiger partial charge in [0.1, 0.15) is 5.75 Å². The number of aryl methyl sites for hydroxylation is 1. The van der Waals surface area contributed by atoms with Crippen LogP contribution < -0.4 is 0 Å². The van der Waals surface area contributed by atoms with E-state index >= 15 is 0 Å².